The van der Waals surface area contributed by atoms with E-state index >= 15 is 0 Å². The lowest BCUT2D eigenvalue weighted by Gasteiger charge is -2.07. The number of carbonyl (C=O) groups excluding carboxylic acids is 1. The molecule has 3 rings (SSSR count). The number of benzene rings is 1. The number of hydrogen-bond acceptors (Lipinski definition) is 5. The van der Waals surface area contributed by atoms with E-state index in [1.165, 1.54) is 24.2 Å². The van der Waals surface area contributed by atoms with E-state index in [0.717, 1.165) is 30.0 Å². The van der Waals surface area contributed by atoms with Crippen molar-refractivity contribution in [1.82, 2.24) is 9.97 Å². The summed E-state index contributed by atoms with van der Waals surface area (Å²) in [4.78, 5) is 20.8. The molecule has 0 aliphatic rings. The number of anilines is 1. The van der Waals surface area contributed by atoms with Gasteiger partial charge in [-0.3, -0.25) is 9.78 Å². The first-order valence-electron chi connectivity index (χ1n) is 8.66. The maximum Gasteiger partial charge on any atom is 0.284 e. The molecule has 26 heavy (non-hydrogen) atoms. The van der Waals surface area contributed by atoms with Gasteiger partial charge in [0.05, 0.1) is 12.3 Å². The summed E-state index contributed by atoms with van der Waals surface area (Å²) in [6.45, 7) is 2.88. The predicted molar refractivity (Wildman–Crippen MR) is 105 cm³/mol. The average Bonchev–Trinajstić information content (AvgIpc) is 3.18. The molecule has 6 heteroatoms. The van der Waals surface area contributed by atoms with E-state index in [4.69, 9.17) is 4.74 Å². The number of ether oxygens (including phenoxy) is 1. The minimum absolute atomic E-state index is 0.221. The fourth-order valence-corrected chi connectivity index (χ4v) is 3.11. The summed E-state index contributed by atoms with van der Waals surface area (Å²) >= 11 is 1.31. The van der Waals surface area contributed by atoms with Crippen LogP contribution >= 0.6 is 11.3 Å². The van der Waals surface area contributed by atoms with Crippen LogP contribution in [0.25, 0.3) is 11.3 Å². The van der Waals surface area contributed by atoms with Crippen LogP contribution in [0.1, 0.15) is 36.0 Å². The molecule has 0 aliphatic carbocycles. The molecule has 1 N–H and O–H groups in total. The molecule has 0 radical (unpaired) electrons. The summed E-state index contributed by atoms with van der Waals surface area (Å²) in [7, 11) is 0. The molecular weight excluding hydrogens is 346 g/mol. The molecule has 1 amide bonds. The minimum Gasteiger partial charge on any atom is -0.494 e. The number of hydrogen-bond donors (Lipinski definition) is 1. The summed E-state index contributed by atoms with van der Waals surface area (Å²) < 4.78 is 5.68. The average molecular weight is 367 g/mol. The van der Waals surface area contributed by atoms with Gasteiger partial charge in [-0.15, -0.1) is 11.3 Å². The highest BCUT2D eigenvalue weighted by molar-refractivity contribution is 7.12. The van der Waals surface area contributed by atoms with Gasteiger partial charge in [0.15, 0.2) is 5.01 Å². The van der Waals surface area contributed by atoms with Gasteiger partial charge in [-0.25, -0.2) is 4.98 Å². The fraction of sp³-hybridized carbons (Fsp3) is 0.250. The van der Waals surface area contributed by atoms with Crippen LogP contribution in [0.5, 0.6) is 5.75 Å². The van der Waals surface area contributed by atoms with E-state index in [9.17, 15) is 4.79 Å². The predicted octanol–water partition coefficient (Wildman–Crippen LogP) is 5.03. The number of aromatic nitrogens is 2. The molecule has 0 unspecified atom stereocenters. The van der Waals surface area contributed by atoms with Gasteiger partial charge in [-0.05, 0) is 42.8 Å². The van der Waals surface area contributed by atoms with Crippen molar-refractivity contribution in [2.45, 2.75) is 26.2 Å². The van der Waals surface area contributed by atoms with Gasteiger partial charge in [-0.2, -0.15) is 0 Å². The van der Waals surface area contributed by atoms with Crippen LogP contribution in [0.15, 0.2) is 54.2 Å². The van der Waals surface area contributed by atoms with Crippen molar-refractivity contribution in [3.63, 3.8) is 0 Å². The van der Waals surface area contributed by atoms with Crippen LogP contribution in [0.3, 0.4) is 0 Å². The van der Waals surface area contributed by atoms with Crippen molar-refractivity contribution in [2.75, 3.05) is 11.9 Å². The minimum atomic E-state index is -0.221. The van der Waals surface area contributed by atoms with Gasteiger partial charge in [0.2, 0.25) is 0 Å². The second-order valence-corrected chi connectivity index (χ2v) is 6.67. The molecule has 0 fully saturated rings. The molecule has 1 aromatic carbocycles. The van der Waals surface area contributed by atoms with Crippen molar-refractivity contribution in [2.24, 2.45) is 0 Å². The standard InChI is InChI=1S/C20H21N3O2S/c1-2-3-4-12-25-17-9-7-16(8-10-17)22-19(24)20-23-18(14-26-20)15-6-5-11-21-13-15/h5-11,13-14H,2-4,12H2,1H3,(H,22,24). The molecule has 2 heterocycles. The smallest absolute Gasteiger partial charge is 0.284 e. The number of nitrogens with one attached hydrogen (secondary N) is 1. The molecule has 2 aromatic heterocycles. The Kier molecular flexibility index (Phi) is 6.33. The Labute approximate surface area is 157 Å². The number of nitrogens with zero attached hydrogens (tertiary/aromatic N) is 2. The van der Waals surface area contributed by atoms with E-state index in [0.29, 0.717) is 10.7 Å². The van der Waals surface area contributed by atoms with Crippen LogP contribution in [-0.4, -0.2) is 22.5 Å². The highest BCUT2D eigenvalue weighted by atomic mass is 32.1. The number of carbonyl (C=O) groups is 1. The van der Waals surface area contributed by atoms with Gasteiger partial charge in [-0.1, -0.05) is 19.8 Å². The highest BCUT2D eigenvalue weighted by Crippen LogP contribution is 2.22. The third kappa shape index (κ3) is 4.89. The zero-order chi connectivity index (χ0) is 18.2. The van der Waals surface area contributed by atoms with E-state index in [1.54, 1.807) is 12.4 Å². The Hall–Kier alpha value is -2.73. The summed E-state index contributed by atoms with van der Waals surface area (Å²) in [6, 6.07) is 11.2. The maximum atomic E-state index is 12.4. The third-order valence-corrected chi connectivity index (χ3v) is 4.63. The van der Waals surface area contributed by atoms with E-state index in [-0.39, 0.29) is 5.91 Å². The van der Waals surface area contributed by atoms with Crippen LogP contribution < -0.4 is 10.1 Å². The van der Waals surface area contributed by atoms with Crippen molar-refractivity contribution in [1.29, 1.82) is 0 Å². The summed E-state index contributed by atoms with van der Waals surface area (Å²) in [5.41, 5.74) is 2.37. The molecule has 0 saturated carbocycles. The Bertz CT molecular complexity index is 832. The number of rotatable bonds is 8. The van der Waals surface area contributed by atoms with Crippen molar-refractivity contribution >= 4 is 22.9 Å². The molecule has 0 spiro atoms. The number of pyridine rings is 1. The fourth-order valence-electron chi connectivity index (χ4n) is 2.39. The van der Waals surface area contributed by atoms with Crippen LogP contribution in [-0.2, 0) is 0 Å². The first-order chi connectivity index (χ1) is 12.8. The molecule has 134 valence electrons. The third-order valence-electron chi connectivity index (χ3n) is 3.78. The Morgan fingerprint density at radius 1 is 1.19 bits per heavy atom. The van der Waals surface area contributed by atoms with E-state index in [2.05, 4.69) is 22.2 Å². The Morgan fingerprint density at radius 3 is 2.77 bits per heavy atom. The zero-order valence-electron chi connectivity index (χ0n) is 14.6. The Balaban J connectivity index is 1.57. The lowest BCUT2D eigenvalue weighted by Crippen LogP contribution is -2.11. The van der Waals surface area contributed by atoms with E-state index < -0.39 is 0 Å². The monoisotopic (exact) mass is 367 g/mol. The lowest BCUT2D eigenvalue weighted by molar-refractivity contribution is 0.102. The molecule has 0 aliphatic heterocycles. The first-order valence-corrected chi connectivity index (χ1v) is 9.54. The number of amides is 1. The number of unbranched alkanes of at least 4 members (excludes halogenated alkanes) is 2. The summed E-state index contributed by atoms with van der Waals surface area (Å²) in [5, 5.41) is 5.14. The second-order valence-electron chi connectivity index (χ2n) is 5.81. The van der Waals surface area contributed by atoms with E-state index in [1.807, 2.05) is 41.8 Å². The SMILES string of the molecule is CCCCCOc1ccc(NC(=O)c2nc(-c3cccnc3)cs2)cc1. The zero-order valence-corrected chi connectivity index (χ0v) is 15.5. The maximum absolute atomic E-state index is 12.4. The summed E-state index contributed by atoms with van der Waals surface area (Å²) in [6.07, 6.45) is 6.84. The Morgan fingerprint density at radius 2 is 2.04 bits per heavy atom. The molecular formula is C20H21N3O2S. The van der Waals surface area contributed by atoms with Crippen LogP contribution in [0, 0.1) is 0 Å². The van der Waals surface area contributed by atoms with Crippen molar-refractivity contribution in [3.05, 3.63) is 59.2 Å². The van der Waals surface area contributed by atoms with Gasteiger partial charge in [0, 0.05) is 29.0 Å². The largest absolute Gasteiger partial charge is 0.494 e. The van der Waals surface area contributed by atoms with Crippen molar-refractivity contribution < 1.29 is 9.53 Å². The molecule has 0 bridgehead atoms. The van der Waals surface area contributed by atoms with Crippen molar-refractivity contribution in [3.8, 4) is 17.0 Å². The molecule has 0 atom stereocenters. The van der Waals surface area contributed by atoms with Gasteiger partial charge < -0.3 is 10.1 Å². The normalized spacial score (nSPS) is 10.5. The second kappa shape index (κ2) is 9.10. The van der Waals surface area contributed by atoms with Crippen LogP contribution in [0.2, 0.25) is 0 Å². The first kappa shape index (κ1) is 18.1. The number of thiazole rings is 1. The summed E-state index contributed by atoms with van der Waals surface area (Å²) in [5.74, 6) is 0.592. The van der Waals surface area contributed by atoms with Crippen LogP contribution in [0.4, 0.5) is 5.69 Å². The highest BCUT2D eigenvalue weighted by Gasteiger charge is 2.12. The van der Waals surface area contributed by atoms with Gasteiger partial charge in [0.1, 0.15) is 5.75 Å². The quantitative estimate of drug-likeness (QED) is 0.567. The lowest BCUT2D eigenvalue weighted by atomic mass is 10.2. The molecule has 0 saturated heterocycles. The van der Waals surface area contributed by atoms with Gasteiger partial charge in [0.25, 0.3) is 5.91 Å². The molecule has 3 aromatic rings. The topological polar surface area (TPSA) is 64.1 Å². The van der Waals surface area contributed by atoms with Gasteiger partial charge >= 0.3 is 0 Å². The molecule has 5 nitrogen and oxygen atoms in total.